The van der Waals surface area contributed by atoms with Crippen molar-refractivity contribution in [1.82, 2.24) is 0 Å². The van der Waals surface area contributed by atoms with E-state index in [9.17, 15) is 5.11 Å². The van der Waals surface area contributed by atoms with Gasteiger partial charge in [-0.15, -0.1) is 0 Å². The fourth-order valence-corrected chi connectivity index (χ4v) is 2.68. The van der Waals surface area contributed by atoms with Crippen molar-refractivity contribution in [2.75, 3.05) is 19.8 Å². The van der Waals surface area contributed by atoms with Gasteiger partial charge in [0, 0.05) is 23.6 Å². The largest absolute Gasteiger partial charge is 0.388 e. The number of benzene rings is 1. The molecule has 1 heterocycles. The molecule has 1 aromatic rings. The molecule has 1 aliphatic rings. The van der Waals surface area contributed by atoms with Crippen molar-refractivity contribution >= 4 is 11.6 Å². The molecule has 1 aliphatic heterocycles. The van der Waals surface area contributed by atoms with Crippen LogP contribution >= 0.6 is 11.6 Å². The Labute approximate surface area is 113 Å². The average molecular weight is 270 g/mol. The van der Waals surface area contributed by atoms with Crippen molar-refractivity contribution in [3.8, 4) is 0 Å². The van der Waals surface area contributed by atoms with Gasteiger partial charge in [-0.1, -0.05) is 23.7 Å². The lowest BCUT2D eigenvalue weighted by atomic mass is 9.75. The number of aliphatic hydroxyl groups is 1. The quantitative estimate of drug-likeness (QED) is 0.886. The first kappa shape index (κ1) is 13.8. The molecule has 0 bridgehead atoms. The van der Waals surface area contributed by atoms with Crippen molar-refractivity contribution in [3.05, 3.63) is 34.3 Å². The highest BCUT2D eigenvalue weighted by atomic mass is 35.5. The van der Waals surface area contributed by atoms with E-state index in [1.165, 1.54) is 0 Å². The summed E-state index contributed by atoms with van der Waals surface area (Å²) >= 11 is 6.11. The Kier molecular flexibility index (Phi) is 4.28. The van der Waals surface area contributed by atoms with Crippen LogP contribution in [0.3, 0.4) is 0 Å². The number of halogens is 1. The van der Waals surface area contributed by atoms with Gasteiger partial charge in [0.1, 0.15) is 0 Å². The highest BCUT2D eigenvalue weighted by Gasteiger charge is 2.39. The second-order valence-electron chi connectivity index (χ2n) is 5.13. The van der Waals surface area contributed by atoms with Crippen molar-refractivity contribution < 1.29 is 9.84 Å². The minimum absolute atomic E-state index is 0.378. The number of hydrogen-bond acceptors (Lipinski definition) is 3. The van der Waals surface area contributed by atoms with Gasteiger partial charge in [-0.3, -0.25) is 0 Å². The SMILES string of the molecule is Cc1ccc(C(O)C2(CN)CCCOC2)cc1Cl. The Hall–Kier alpha value is -0.610. The maximum atomic E-state index is 10.6. The van der Waals surface area contributed by atoms with Crippen LogP contribution in [0.4, 0.5) is 0 Å². The molecule has 1 saturated heterocycles. The first-order valence-electron chi connectivity index (χ1n) is 6.31. The summed E-state index contributed by atoms with van der Waals surface area (Å²) in [5, 5.41) is 11.3. The van der Waals surface area contributed by atoms with E-state index in [1.54, 1.807) is 0 Å². The molecule has 0 spiro atoms. The Morgan fingerprint density at radius 1 is 1.56 bits per heavy atom. The van der Waals surface area contributed by atoms with Gasteiger partial charge in [0.05, 0.1) is 12.7 Å². The summed E-state index contributed by atoms with van der Waals surface area (Å²) in [5.41, 5.74) is 7.32. The summed E-state index contributed by atoms with van der Waals surface area (Å²) in [6, 6.07) is 5.67. The summed E-state index contributed by atoms with van der Waals surface area (Å²) in [7, 11) is 0. The highest BCUT2D eigenvalue weighted by molar-refractivity contribution is 6.31. The monoisotopic (exact) mass is 269 g/mol. The van der Waals surface area contributed by atoms with Crippen molar-refractivity contribution in [2.24, 2.45) is 11.1 Å². The normalized spacial score (nSPS) is 26.0. The van der Waals surface area contributed by atoms with Crippen LogP contribution in [0.15, 0.2) is 18.2 Å². The third-order valence-electron chi connectivity index (χ3n) is 3.85. The fourth-order valence-electron chi connectivity index (χ4n) is 2.49. The van der Waals surface area contributed by atoms with Crippen LogP contribution < -0.4 is 5.73 Å². The van der Waals surface area contributed by atoms with E-state index in [0.717, 1.165) is 30.6 Å². The molecule has 0 aliphatic carbocycles. The van der Waals surface area contributed by atoms with Gasteiger partial charge in [0.15, 0.2) is 0 Å². The zero-order chi connectivity index (χ0) is 13.2. The third-order valence-corrected chi connectivity index (χ3v) is 4.26. The molecule has 0 aromatic heterocycles. The topological polar surface area (TPSA) is 55.5 Å². The van der Waals surface area contributed by atoms with Gasteiger partial charge in [-0.05, 0) is 37.0 Å². The zero-order valence-corrected chi connectivity index (χ0v) is 11.4. The van der Waals surface area contributed by atoms with E-state index in [-0.39, 0.29) is 5.41 Å². The molecule has 3 nitrogen and oxygen atoms in total. The number of nitrogens with two attached hydrogens (primary N) is 1. The lowest BCUT2D eigenvalue weighted by molar-refractivity contribution is -0.0781. The molecule has 0 radical (unpaired) electrons. The molecular formula is C14H20ClNO2. The van der Waals surface area contributed by atoms with Gasteiger partial charge in [0.25, 0.3) is 0 Å². The zero-order valence-electron chi connectivity index (χ0n) is 10.7. The van der Waals surface area contributed by atoms with Crippen molar-refractivity contribution in [3.63, 3.8) is 0 Å². The Morgan fingerprint density at radius 3 is 2.89 bits per heavy atom. The van der Waals surface area contributed by atoms with Gasteiger partial charge in [-0.2, -0.15) is 0 Å². The summed E-state index contributed by atoms with van der Waals surface area (Å²) in [6.07, 6.45) is 1.20. The predicted octanol–water partition coefficient (Wildman–Crippen LogP) is 2.44. The first-order chi connectivity index (χ1) is 8.59. The summed E-state index contributed by atoms with van der Waals surface area (Å²) in [6.45, 7) is 3.62. The Bertz CT molecular complexity index is 416. The summed E-state index contributed by atoms with van der Waals surface area (Å²) in [4.78, 5) is 0. The molecular weight excluding hydrogens is 250 g/mol. The standard InChI is InChI=1S/C14H20ClNO2/c1-10-3-4-11(7-12(10)15)13(17)14(8-16)5-2-6-18-9-14/h3-4,7,13,17H,2,5-6,8-9,16H2,1H3. The molecule has 1 fully saturated rings. The van der Waals surface area contributed by atoms with Crippen LogP contribution in [0.1, 0.15) is 30.1 Å². The van der Waals surface area contributed by atoms with Gasteiger partial charge in [0.2, 0.25) is 0 Å². The number of aryl methyl sites for hydroxylation is 1. The lowest BCUT2D eigenvalue weighted by Gasteiger charge is -2.40. The molecule has 2 unspecified atom stereocenters. The number of rotatable bonds is 3. The third kappa shape index (κ3) is 2.54. The van der Waals surface area contributed by atoms with E-state index in [1.807, 2.05) is 25.1 Å². The number of ether oxygens (including phenoxy) is 1. The van der Waals surface area contributed by atoms with E-state index in [0.29, 0.717) is 18.2 Å². The molecule has 100 valence electrons. The maximum absolute atomic E-state index is 10.6. The van der Waals surface area contributed by atoms with Crippen LogP contribution in [0.5, 0.6) is 0 Å². The minimum atomic E-state index is -0.624. The average Bonchev–Trinajstić information content (AvgIpc) is 2.42. The van der Waals surface area contributed by atoms with E-state index < -0.39 is 6.10 Å². The predicted molar refractivity (Wildman–Crippen MR) is 72.7 cm³/mol. The maximum Gasteiger partial charge on any atom is 0.0880 e. The lowest BCUT2D eigenvalue weighted by Crippen LogP contribution is -2.43. The van der Waals surface area contributed by atoms with Gasteiger partial charge < -0.3 is 15.6 Å². The van der Waals surface area contributed by atoms with Gasteiger partial charge in [-0.25, -0.2) is 0 Å². The Balaban J connectivity index is 2.27. The van der Waals surface area contributed by atoms with E-state index >= 15 is 0 Å². The van der Waals surface area contributed by atoms with Crippen LogP contribution in [-0.4, -0.2) is 24.9 Å². The van der Waals surface area contributed by atoms with Crippen molar-refractivity contribution in [1.29, 1.82) is 0 Å². The first-order valence-corrected chi connectivity index (χ1v) is 6.69. The van der Waals surface area contributed by atoms with Crippen LogP contribution in [0.2, 0.25) is 5.02 Å². The molecule has 1 aromatic carbocycles. The molecule has 3 N–H and O–H groups in total. The molecule has 18 heavy (non-hydrogen) atoms. The second kappa shape index (κ2) is 5.57. The van der Waals surface area contributed by atoms with Crippen LogP contribution in [0.25, 0.3) is 0 Å². The van der Waals surface area contributed by atoms with Crippen LogP contribution in [-0.2, 0) is 4.74 Å². The van der Waals surface area contributed by atoms with Gasteiger partial charge >= 0.3 is 0 Å². The second-order valence-corrected chi connectivity index (χ2v) is 5.54. The van der Waals surface area contributed by atoms with E-state index in [4.69, 9.17) is 22.1 Å². The highest BCUT2D eigenvalue weighted by Crippen LogP contribution is 2.40. The van der Waals surface area contributed by atoms with Crippen LogP contribution in [0, 0.1) is 12.3 Å². The van der Waals surface area contributed by atoms with E-state index in [2.05, 4.69) is 0 Å². The fraction of sp³-hybridized carbons (Fsp3) is 0.571. The molecule has 0 amide bonds. The van der Waals surface area contributed by atoms with Crippen molar-refractivity contribution in [2.45, 2.75) is 25.9 Å². The Morgan fingerprint density at radius 2 is 2.33 bits per heavy atom. The molecule has 2 atom stereocenters. The number of hydrogen-bond donors (Lipinski definition) is 2. The molecule has 0 saturated carbocycles. The smallest absolute Gasteiger partial charge is 0.0880 e. The molecule has 4 heteroatoms. The minimum Gasteiger partial charge on any atom is -0.388 e. The summed E-state index contributed by atoms with van der Waals surface area (Å²) in [5.74, 6) is 0. The number of aliphatic hydroxyl groups excluding tert-OH is 1. The summed E-state index contributed by atoms with van der Waals surface area (Å²) < 4.78 is 5.50. The molecule has 2 rings (SSSR count).